The molecule has 0 fully saturated rings. The molecule has 2 N–H and O–H groups in total. The van der Waals surface area contributed by atoms with Crippen molar-refractivity contribution >= 4 is 5.91 Å². The van der Waals surface area contributed by atoms with E-state index in [1.54, 1.807) is 18.2 Å². The highest BCUT2D eigenvalue weighted by atomic mass is 16.5. The lowest BCUT2D eigenvalue weighted by atomic mass is 10.0. The fraction of sp³-hybridized carbons (Fsp3) is 0.562. The monoisotopic (exact) mass is 293 g/mol. The molecule has 0 aliphatic carbocycles. The van der Waals surface area contributed by atoms with E-state index in [-0.39, 0.29) is 24.5 Å². The largest absolute Gasteiger partial charge is 0.490 e. The summed E-state index contributed by atoms with van der Waals surface area (Å²) < 4.78 is 11.1. The SMILES string of the molecule is CC(C)C(CCO)NC(=O)c1ccc2c(c1)OCCCO2. The van der Waals surface area contributed by atoms with Gasteiger partial charge in [-0.1, -0.05) is 13.8 Å². The minimum absolute atomic E-state index is 0.0431. The molecule has 1 heterocycles. The van der Waals surface area contributed by atoms with Crippen LogP contribution in [0.15, 0.2) is 18.2 Å². The summed E-state index contributed by atoms with van der Waals surface area (Å²) in [5.41, 5.74) is 0.544. The van der Waals surface area contributed by atoms with E-state index in [0.717, 1.165) is 6.42 Å². The van der Waals surface area contributed by atoms with Gasteiger partial charge < -0.3 is 19.9 Å². The first-order chi connectivity index (χ1) is 10.1. The van der Waals surface area contributed by atoms with Crippen molar-refractivity contribution in [3.05, 3.63) is 23.8 Å². The number of ether oxygens (including phenoxy) is 2. The van der Waals surface area contributed by atoms with Crippen LogP contribution in [0.4, 0.5) is 0 Å². The third-order valence-electron chi connectivity index (χ3n) is 3.57. The highest BCUT2D eigenvalue weighted by Gasteiger charge is 2.18. The van der Waals surface area contributed by atoms with Gasteiger partial charge in [-0.2, -0.15) is 0 Å². The van der Waals surface area contributed by atoms with Crippen molar-refractivity contribution < 1.29 is 19.4 Å². The fourth-order valence-corrected chi connectivity index (χ4v) is 2.27. The Balaban J connectivity index is 2.10. The van der Waals surface area contributed by atoms with Crippen LogP contribution in [0.1, 0.15) is 37.0 Å². The zero-order valence-corrected chi connectivity index (χ0v) is 12.6. The van der Waals surface area contributed by atoms with Gasteiger partial charge >= 0.3 is 0 Å². The van der Waals surface area contributed by atoms with Crippen LogP contribution >= 0.6 is 0 Å². The number of rotatable bonds is 5. The Morgan fingerprint density at radius 2 is 2.00 bits per heavy atom. The number of aliphatic hydroxyl groups is 1. The molecule has 0 saturated carbocycles. The molecule has 1 aromatic rings. The predicted molar refractivity (Wildman–Crippen MR) is 79.8 cm³/mol. The van der Waals surface area contributed by atoms with Gasteiger partial charge in [-0.15, -0.1) is 0 Å². The predicted octanol–water partition coefficient (Wildman–Crippen LogP) is 1.98. The van der Waals surface area contributed by atoms with E-state index in [1.165, 1.54) is 0 Å². The van der Waals surface area contributed by atoms with Gasteiger partial charge in [0, 0.05) is 24.6 Å². The molecule has 1 aliphatic rings. The number of amides is 1. The summed E-state index contributed by atoms with van der Waals surface area (Å²) in [4.78, 5) is 12.3. The Kier molecular flexibility index (Phi) is 5.44. The van der Waals surface area contributed by atoms with Crippen LogP contribution in [-0.4, -0.2) is 36.9 Å². The Hall–Kier alpha value is -1.75. The molecule has 116 valence electrons. The Labute approximate surface area is 125 Å². The van der Waals surface area contributed by atoms with Crippen molar-refractivity contribution in [1.82, 2.24) is 5.32 Å². The second kappa shape index (κ2) is 7.31. The number of carbonyl (C=O) groups is 1. The van der Waals surface area contributed by atoms with Crippen molar-refractivity contribution in [2.24, 2.45) is 5.92 Å². The summed E-state index contributed by atoms with van der Waals surface area (Å²) >= 11 is 0. The van der Waals surface area contributed by atoms with Crippen LogP contribution in [0.3, 0.4) is 0 Å². The topological polar surface area (TPSA) is 67.8 Å². The first-order valence-corrected chi connectivity index (χ1v) is 7.43. The molecule has 2 rings (SSSR count). The standard InChI is InChI=1S/C16H23NO4/c1-11(2)13(6-7-18)17-16(19)12-4-5-14-15(10-12)21-9-3-8-20-14/h4-5,10-11,13,18H,3,6-9H2,1-2H3,(H,17,19). The molecule has 0 aromatic heterocycles. The number of hydrogen-bond acceptors (Lipinski definition) is 4. The number of hydrogen-bond donors (Lipinski definition) is 2. The van der Waals surface area contributed by atoms with Crippen molar-refractivity contribution in [3.8, 4) is 11.5 Å². The summed E-state index contributed by atoms with van der Waals surface area (Å²) in [5.74, 6) is 1.41. The van der Waals surface area contributed by atoms with E-state index < -0.39 is 0 Å². The maximum absolute atomic E-state index is 12.3. The molecule has 0 spiro atoms. The number of nitrogens with one attached hydrogen (secondary N) is 1. The summed E-state index contributed by atoms with van der Waals surface area (Å²) in [5, 5.41) is 12.0. The van der Waals surface area contributed by atoms with Crippen molar-refractivity contribution in [1.29, 1.82) is 0 Å². The molecule has 21 heavy (non-hydrogen) atoms. The lowest BCUT2D eigenvalue weighted by molar-refractivity contribution is 0.0916. The van der Waals surface area contributed by atoms with Crippen molar-refractivity contribution in [2.45, 2.75) is 32.7 Å². The van der Waals surface area contributed by atoms with Gasteiger partial charge in [-0.05, 0) is 30.5 Å². The van der Waals surface area contributed by atoms with Gasteiger partial charge in [-0.3, -0.25) is 4.79 Å². The van der Waals surface area contributed by atoms with Gasteiger partial charge in [-0.25, -0.2) is 0 Å². The molecule has 1 unspecified atom stereocenters. The molecule has 5 nitrogen and oxygen atoms in total. The van der Waals surface area contributed by atoms with Crippen LogP contribution in [0.2, 0.25) is 0 Å². The maximum Gasteiger partial charge on any atom is 0.251 e. The Morgan fingerprint density at radius 1 is 1.29 bits per heavy atom. The van der Waals surface area contributed by atoms with Crippen LogP contribution in [0.5, 0.6) is 11.5 Å². The maximum atomic E-state index is 12.3. The number of fused-ring (bicyclic) bond motifs is 1. The molecule has 1 aromatic carbocycles. The molecule has 0 saturated heterocycles. The van der Waals surface area contributed by atoms with Crippen molar-refractivity contribution in [3.63, 3.8) is 0 Å². The number of carbonyl (C=O) groups excluding carboxylic acids is 1. The highest BCUT2D eigenvalue weighted by molar-refractivity contribution is 5.95. The average molecular weight is 293 g/mol. The van der Waals surface area contributed by atoms with E-state index in [4.69, 9.17) is 14.6 Å². The second-order valence-corrected chi connectivity index (χ2v) is 5.55. The lowest BCUT2D eigenvalue weighted by Crippen LogP contribution is -2.39. The molecular weight excluding hydrogens is 270 g/mol. The fourth-order valence-electron chi connectivity index (χ4n) is 2.27. The molecule has 1 amide bonds. The third-order valence-corrected chi connectivity index (χ3v) is 3.57. The molecule has 1 atom stereocenters. The quantitative estimate of drug-likeness (QED) is 0.871. The molecular formula is C16H23NO4. The van der Waals surface area contributed by atoms with E-state index in [2.05, 4.69) is 5.32 Å². The van der Waals surface area contributed by atoms with E-state index in [0.29, 0.717) is 36.7 Å². The normalized spacial score (nSPS) is 15.4. The average Bonchev–Trinajstić information content (AvgIpc) is 2.70. The van der Waals surface area contributed by atoms with Gasteiger partial charge in [0.15, 0.2) is 11.5 Å². The van der Waals surface area contributed by atoms with Crippen LogP contribution in [0.25, 0.3) is 0 Å². The molecule has 1 aliphatic heterocycles. The zero-order valence-electron chi connectivity index (χ0n) is 12.6. The Bertz CT molecular complexity index is 487. The lowest BCUT2D eigenvalue weighted by Gasteiger charge is -2.21. The summed E-state index contributed by atoms with van der Waals surface area (Å²) in [7, 11) is 0. The minimum atomic E-state index is -0.155. The van der Waals surface area contributed by atoms with Crippen LogP contribution < -0.4 is 14.8 Å². The Morgan fingerprint density at radius 3 is 2.67 bits per heavy atom. The summed E-state index contributed by atoms with van der Waals surface area (Å²) in [6.07, 6.45) is 1.39. The molecule has 0 bridgehead atoms. The first-order valence-electron chi connectivity index (χ1n) is 7.43. The molecule has 5 heteroatoms. The van der Waals surface area contributed by atoms with Crippen LogP contribution in [-0.2, 0) is 0 Å². The summed E-state index contributed by atoms with van der Waals surface area (Å²) in [6, 6.07) is 5.18. The van der Waals surface area contributed by atoms with Gasteiger partial charge in [0.05, 0.1) is 13.2 Å². The third kappa shape index (κ3) is 4.11. The van der Waals surface area contributed by atoms with Crippen molar-refractivity contribution in [2.75, 3.05) is 19.8 Å². The number of benzene rings is 1. The van der Waals surface area contributed by atoms with Gasteiger partial charge in [0.1, 0.15) is 0 Å². The van der Waals surface area contributed by atoms with E-state index in [1.807, 2.05) is 13.8 Å². The first kappa shape index (κ1) is 15.6. The van der Waals surface area contributed by atoms with E-state index >= 15 is 0 Å². The number of aliphatic hydroxyl groups excluding tert-OH is 1. The summed E-state index contributed by atoms with van der Waals surface area (Å²) in [6.45, 7) is 5.33. The highest BCUT2D eigenvalue weighted by Crippen LogP contribution is 2.30. The van der Waals surface area contributed by atoms with E-state index in [9.17, 15) is 4.79 Å². The second-order valence-electron chi connectivity index (χ2n) is 5.55. The van der Waals surface area contributed by atoms with Crippen LogP contribution in [0, 0.1) is 5.92 Å². The smallest absolute Gasteiger partial charge is 0.251 e. The minimum Gasteiger partial charge on any atom is -0.490 e. The van der Waals surface area contributed by atoms with Gasteiger partial charge in [0.2, 0.25) is 0 Å². The zero-order chi connectivity index (χ0) is 15.2. The van der Waals surface area contributed by atoms with Gasteiger partial charge in [0.25, 0.3) is 5.91 Å². The molecule has 0 radical (unpaired) electrons.